The Labute approximate surface area is 174 Å². The van der Waals surface area contributed by atoms with Crippen LogP contribution in [0.5, 0.6) is 0 Å². The van der Waals surface area contributed by atoms with E-state index in [1.165, 1.54) is 17.3 Å². The first kappa shape index (κ1) is 20.5. The quantitative estimate of drug-likeness (QED) is 0.571. The molecule has 29 heavy (non-hydrogen) atoms. The van der Waals surface area contributed by atoms with Gasteiger partial charge in [-0.2, -0.15) is 0 Å². The molecule has 0 aliphatic rings. The summed E-state index contributed by atoms with van der Waals surface area (Å²) < 4.78 is 0. The number of carbonyl (C=O) groups excluding carboxylic acids is 2. The van der Waals surface area contributed by atoms with Crippen molar-refractivity contribution in [2.75, 3.05) is 16.4 Å². The topological polar surface area (TPSA) is 84.0 Å². The second-order valence-electron chi connectivity index (χ2n) is 6.46. The van der Waals surface area contributed by atoms with Crippen LogP contribution in [0.25, 0.3) is 0 Å². The van der Waals surface area contributed by atoms with E-state index in [1.807, 2.05) is 43.3 Å². The number of nitrogens with one attached hydrogen (secondary N) is 2. The van der Waals surface area contributed by atoms with Crippen molar-refractivity contribution < 1.29 is 9.59 Å². The predicted molar refractivity (Wildman–Crippen MR) is 116 cm³/mol. The number of anilines is 2. The van der Waals surface area contributed by atoms with Crippen molar-refractivity contribution in [3.8, 4) is 0 Å². The largest absolute Gasteiger partial charge is 0.325 e. The average molecular weight is 407 g/mol. The van der Waals surface area contributed by atoms with Crippen molar-refractivity contribution in [3.63, 3.8) is 0 Å². The van der Waals surface area contributed by atoms with Gasteiger partial charge in [-0.3, -0.25) is 9.59 Å². The van der Waals surface area contributed by atoms with E-state index in [2.05, 4.69) is 27.8 Å². The lowest BCUT2D eigenvalue weighted by Crippen LogP contribution is -2.14. The summed E-state index contributed by atoms with van der Waals surface area (Å²) in [5.41, 5.74) is 3.64. The number of aromatic nitrogens is 2. The summed E-state index contributed by atoms with van der Waals surface area (Å²) in [5.74, 6) is 0.227. The summed E-state index contributed by atoms with van der Waals surface area (Å²) in [6.45, 7) is 4.05. The van der Waals surface area contributed by atoms with Gasteiger partial charge in [-0.25, -0.2) is 0 Å². The minimum Gasteiger partial charge on any atom is -0.325 e. The van der Waals surface area contributed by atoms with Crippen LogP contribution in [0.4, 0.5) is 11.5 Å². The fraction of sp³-hybridized carbons (Fsp3) is 0.182. The Morgan fingerprint density at radius 3 is 2.24 bits per heavy atom. The van der Waals surface area contributed by atoms with Crippen molar-refractivity contribution >= 4 is 35.1 Å². The van der Waals surface area contributed by atoms with E-state index in [9.17, 15) is 9.59 Å². The van der Waals surface area contributed by atoms with Gasteiger partial charge < -0.3 is 10.6 Å². The molecule has 1 heterocycles. The molecule has 0 aliphatic carbocycles. The number of aryl methyl sites for hydroxylation is 2. The molecular formula is C22H22N4O2S. The van der Waals surface area contributed by atoms with E-state index in [1.54, 1.807) is 24.3 Å². The third-order valence-electron chi connectivity index (χ3n) is 4.19. The van der Waals surface area contributed by atoms with E-state index in [0.29, 0.717) is 16.4 Å². The molecule has 0 saturated heterocycles. The lowest BCUT2D eigenvalue weighted by atomic mass is 10.1. The van der Waals surface area contributed by atoms with Gasteiger partial charge in [0.2, 0.25) is 5.91 Å². The summed E-state index contributed by atoms with van der Waals surface area (Å²) in [7, 11) is 0. The smallest absolute Gasteiger partial charge is 0.256 e. The Hall–Kier alpha value is -3.19. The zero-order valence-electron chi connectivity index (χ0n) is 16.3. The van der Waals surface area contributed by atoms with Crippen LogP contribution >= 0.6 is 11.8 Å². The molecule has 6 nitrogen and oxygen atoms in total. The number of rotatable bonds is 7. The van der Waals surface area contributed by atoms with Crippen LogP contribution in [0.3, 0.4) is 0 Å². The van der Waals surface area contributed by atoms with Crippen molar-refractivity contribution in [1.82, 2.24) is 10.2 Å². The predicted octanol–water partition coefficient (Wildman–Crippen LogP) is 4.33. The molecule has 0 unspecified atom stereocenters. The number of amides is 2. The Morgan fingerprint density at radius 1 is 0.897 bits per heavy atom. The average Bonchev–Trinajstić information content (AvgIpc) is 2.74. The summed E-state index contributed by atoms with van der Waals surface area (Å²) >= 11 is 1.28. The second kappa shape index (κ2) is 9.84. The highest BCUT2D eigenvalue weighted by Gasteiger charge is 2.09. The van der Waals surface area contributed by atoms with Gasteiger partial charge in [-0.05, 0) is 55.3 Å². The monoisotopic (exact) mass is 406 g/mol. The Kier molecular flexibility index (Phi) is 6.97. The third-order valence-corrected chi connectivity index (χ3v) is 5.11. The molecule has 0 atom stereocenters. The minimum absolute atomic E-state index is 0.113. The molecule has 0 saturated carbocycles. The minimum atomic E-state index is -0.242. The molecule has 2 N–H and O–H groups in total. The first-order chi connectivity index (χ1) is 14.0. The SMILES string of the molecule is CCc1ccc(NC(=O)CSc2ccc(NC(=O)c3ccc(C)cc3)nn2)cc1. The van der Waals surface area contributed by atoms with Crippen molar-refractivity contribution in [2.24, 2.45) is 0 Å². The lowest BCUT2D eigenvalue weighted by molar-refractivity contribution is -0.113. The number of hydrogen-bond acceptors (Lipinski definition) is 5. The maximum absolute atomic E-state index is 12.2. The van der Waals surface area contributed by atoms with Crippen LogP contribution in [0, 0.1) is 6.92 Å². The second-order valence-corrected chi connectivity index (χ2v) is 7.46. The van der Waals surface area contributed by atoms with Crippen LogP contribution in [0.15, 0.2) is 65.7 Å². The van der Waals surface area contributed by atoms with Crippen LogP contribution in [-0.4, -0.2) is 27.8 Å². The molecule has 0 fully saturated rings. The standard InChI is InChI=1S/C22H22N4O2S/c1-3-16-6-10-18(11-7-16)23-20(27)14-29-21-13-12-19(25-26-21)24-22(28)17-8-4-15(2)5-9-17/h4-13H,3,14H2,1-2H3,(H,23,27)(H,24,25,28). The number of benzene rings is 2. The molecular weight excluding hydrogens is 384 g/mol. The van der Waals surface area contributed by atoms with Gasteiger partial charge in [-0.15, -0.1) is 10.2 Å². The number of nitrogens with zero attached hydrogens (tertiary/aromatic N) is 2. The van der Waals surface area contributed by atoms with E-state index >= 15 is 0 Å². The molecule has 3 rings (SSSR count). The molecule has 1 aromatic heterocycles. The summed E-state index contributed by atoms with van der Waals surface area (Å²) in [6.07, 6.45) is 0.963. The first-order valence-corrected chi connectivity index (χ1v) is 10.3. The van der Waals surface area contributed by atoms with Gasteiger partial charge in [0.25, 0.3) is 5.91 Å². The van der Waals surface area contributed by atoms with Crippen molar-refractivity contribution in [1.29, 1.82) is 0 Å². The highest BCUT2D eigenvalue weighted by molar-refractivity contribution is 7.99. The number of hydrogen-bond donors (Lipinski definition) is 2. The molecule has 0 spiro atoms. The zero-order chi connectivity index (χ0) is 20.6. The number of thioether (sulfide) groups is 1. The highest BCUT2D eigenvalue weighted by Crippen LogP contribution is 2.17. The molecule has 2 amide bonds. The summed E-state index contributed by atoms with van der Waals surface area (Å²) in [5, 5.41) is 14.2. The molecule has 148 valence electrons. The Bertz CT molecular complexity index is 971. The molecule has 7 heteroatoms. The fourth-order valence-corrected chi connectivity index (χ4v) is 3.13. The van der Waals surface area contributed by atoms with Gasteiger partial charge in [0.15, 0.2) is 5.82 Å². The van der Waals surface area contributed by atoms with Crippen LogP contribution in [0.2, 0.25) is 0 Å². The molecule has 2 aromatic carbocycles. The molecule has 0 radical (unpaired) electrons. The first-order valence-electron chi connectivity index (χ1n) is 9.27. The normalized spacial score (nSPS) is 10.4. The maximum atomic E-state index is 12.2. The third kappa shape index (κ3) is 6.15. The Balaban J connectivity index is 1.48. The van der Waals surface area contributed by atoms with Gasteiger partial charge in [-0.1, -0.05) is 48.5 Å². The van der Waals surface area contributed by atoms with Crippen LogP contribution < -0.4 is 10.6 Å². The molecule has 0 bridgehead atoms. The van der Waals surface area contributed by atoms with Crippen LogP contribution in [-0.2, 0) is 11.2 Å². The van der Waals surface area contributed by atoms with Gasteiger partial charge >= 0.3 is 0 Å². The summed E-state index contributed by atoms with van der Waals surface area (Å²) in [6, 6.07) is 18.5. The van der Waals surface area contributed by atoms with E-state index < -0.39 is 0 Å². The number of carbonyl (C=O) groups is 2. The van der Waals surface area contributed by atoms with Gasteiger partial charge in [0.1, 0.15) is 5.03 Å². The van der Waals surface area contributed by atoms with Crippen molar-refractivity contribution in [3.05, 3.63) is 77.4 Å². The van der Waals surface area contributed by atoms with Crippen LogP contribution in [0.1, 0.15) is 28.4 Å². The summed E-state index contributed by atoms with van der Waals surface area (Å²) in [4.78, 5) is 24.3. The van der Waals surface area contributed by atoms with Gasteiger partial charge in [0, 0.05) is 11.3 Å². The fourth-order valence-electron chi connectivity index (χ4n) is 2.52. The van der Waals surface area contributed by atoms with E-state index in [0.717, 1.165) is 17.7 Å². The molecule has 0 aliphatic heterocycles. The van der Waals surface area contributed by atoms with E-state index in [-0.39, 0.29) is 17.6 Å². The maximum Gasteiger partial charge on any atom is 0.256 e. The van der Waals surface area contributed by atoms with Gasteiger partial charge in [0.05, 0.1) is 5.75 Å². The highest BCUT2D eigenvalue weighted by atomic mass is 32.2. The molecule has 3 aromatic rings. The Morgan fingerprint density at radius 2 is 1.62 bits per heavy atom. The lowest BCUT2D eigenvalue weighted by Gasteiger charge is -2.06. The van der Waals surface area contributed by atoms with Crippen molar-refractivity contribution in [2.45, 2.75) is 25.3 Å². The van der Waals surface area contributed by atoms with E-state index in [4.69, 9.17) is 0 Å². The zero-order valence-corrected chi connectivity index (χ0v) is 17.1.